The molecule has 176 valence electrons. The van der Waals surface area contributed by atoms with Crippen LogP contribution >= 0.6 is 0 Å². The third kappa shape index (κ3) is 5.74. The molecule has 1 aromatic carbocycles. The molecule has 1 N–H and O–H groups in total. The van der Waals surface area contributed by atoms with Crippen molar-refractivity contribution in [1.29, 1.82) is 0 Å². The van der Waals surface area contributed by atoms with Gasteiger partial charge in [-0.05, 0) is 44.6 Å². The number of rotatable bonds is 7. The molecule has 1 aliphatic rings. The van der Waals surface area contributed by atoms with Gasteiger partial charge in [-0.25, -0.2) is 9.97 Å². The predicted octanol–water partition coefficient (Wildman–Crippen LogP) is 2.54. The molecule has 1 amide bonds. The zero-order valence-corrected chi connectivity index (χ0v) is 19.9. The van der Waals surface area contributed by atoms with Gasteiger partial charge in [0.2, 0.25) is 5.91 Å². The van der Waals surface area contributed by atoms with Gasteiger partial charge in [-0.1, -0.05) is 30.2 Å². The Kier molecular flexibility index (Phi) is 7.45. The van der Waals surface area contributed by atoms with Crippen LogP contribution in [0.2, 0.25) is 0 Å². The van der Waals surface area contributed by atoms with E-state index in [9.17, 15) is 4.79 Å². The van der Waals surface area contributed by atoms with Crippen LogP contribution in [0, 0.1) is 11.8 Å². The molecule has 0 aliphatic carbocycles. The van der Waals surface area contributed by atoms with Crippen molar-refractivity contribution in [3.05, 3.63) is 60.6 Å². The van der Waals surface area contributed by atoms with Crippen LogP contribution in [0.5, 0.6) is 5.75 Å². The van der Waals surface area contributed by atoms with E-state index in [1.165, 1.54) is 0 Å². The Bertz CT molecular complexity index is 1210. The standard InChI is InChI=1S/C26H30N6O2/c1-30(2)14-7-12-24(33)32-15-13-21(18-32)31(3)26-23-17-20(29-25(23)27-19-28-26)9-8-16-34-22-10-5-4-6-11-22/h4-7,10-12,17,19,21H,13-16,18H2,1-3H3,(H,27,28,29). The van der Waals surface area contributed by atoms with Crippen LogP contribution in [0.15, 0.2) is 54.9 Å². The lowest BCUT2D eigenvalue weighted by molar-refractivity contribution is -0.125. The molecule has 0 radical (unpaired) electrons. The number of likely N-dealkylation sites (N-methyl/N-ethyl adjacent to an activating group) is 2. The highest BCUT2D eigenvalue weighted by Gasteiger charge is 2.29. The molecule has 4 rings (SSSR count). The second-order valence-corrected chi connectivity index (χ2v) is 8.55. The Morgan fingerprint density at radius 2 is 2.09 bits per heavy atom. The van der Waals surface area contributed by atoms with Gasteiger partial charge < -0.3 is 24.4 Å². The summed E-state index contributed by atoms with van der Waals surface area (Å²) in [5.41, 5.74) is 1.50. The molecule has 3 heterocycles. The number of carbonyl (C=O) groups is 1. The predicted molar refractivity (Wildman–Crippen MR) is 134 cm³/mol. The summed E-state index contributed by atoms with van der Waals surface area (Å²) in [7, 11) is 5.98. The molecule has 1 unspecified atom stereocenters. The lowest BCUT2D eigenvalue weighted by Gasteiger charge is -2.26. The molecule has 1 atom stereocenters. The molecule has 8 nitrogen and oxygen atoms in total. The van der Waals surface area contributed by atoms with Gasteiger partial charge in [0.25, 0.3) is 0 Å². The number of anilines is 1. The zero-order valence-electron chi connectivity index (χ0n) is 19.9. The molecule has 1 aliphatic heterocycles. The molecule has 1 fully saturated rings. The van der Waals surface area contributed by atoms with E-state index in [2.05, 4.69) is 31.7 Å². The average Bonchev–Trinajstić information content (AvgIpc) is 3.49. The molecule has 8 heteroatoms. The summed E-state index contributed by atoms with van der Waals surface area (Å²) in [4.78, 5) is 30.7. The Hall–Kier alpha value is -3.83. The Balaban J connectivity index is 1.41. The highest BCUT2D eigenvalue weighted by atomic mass is 16.5. The number of H-pyrrole nitrogens is 1. The first-order valence-electron chi connectivity index (χ1n) is 11.3. The Labute approximate surface area is 200 Å². The van der Waals surface area contributed by atoms with Crippen LogP contribution in [-0.2, 0) is 4.79 Å². The van der Waals surface area contributed by atoms with Crippen LogP contribution in [-0.4, -0.2) is 84.1 Å². The van der Waals surface area contributed by atoms with E-state index < -0.39 is 0 Å². The van der Waals surface area contributed by atoms with Crippen LogP contribution in [0.1, 0.15) is 12.1 Å². The third-order valence-electron chi connectivity index (χ3n) is 5.77. The number of nitrogens with one attached hydrogen (secondary N) is 1. The number of carbonyl (C=O) groups excluding carboxylic acids is 1. The Morgan fingerprint density at radius 3 is 2.88 bits per heavy atom. The van der Waals surface area contributed by atoms with E-state index in [-0.39, 0.29) is 11.9 Å². The smallest absolute Gasteiger partial charge is 0.246 e. The Morgan fingerprint density at radius 1 is 1.26 bits per heavy atom. The zero-order chi connectivity index (χ0) is 23.9. The largest absolute Gasteiger partial charge is 0.481 e. The molecule has 0 saturated carbocycles. The van der Waals surface area contributed by atoms with Gasteiger partial charge in [0.05, 0.1) is 11.1 Å². The summed E-state index contributed by atoms with van der Waals surface area (Å²) in [6, 6.07) is 11.8. The normalized spacial score (nSPS) is 15.6. The molecule has 3 aromatic rings. The van der Waals surface area contributed by atoms with E-state index in [4.69, 9.17) is 4.74 Å². The van der Waals surface area contributed by atoms with Crippen LogP contribution in [0.25, 0.3) is 11.0 Å². The third-order valence-corrected chi connectivity index (χ3v) is 5.77. The van der Waals surface area contributed by atoms with E-state index in [0.29, 0.717) is 13.2 Å². The maximum atomic E-state index is 12.5. The van der Waals surface area contributed by atoms with Crippen molar-refractivity contribution in [1.82, 2.24) is 24.8 Å². The summed E-state index contributed by atoms with van der Waals surface area (Å²) in [6.07, 6.45) is 6.02. The van der Waals surface area contributed by atoms with Crippen molar-refractivity contribution in [3.63, 3.8) is 0 Å². The number of hydrogen-bond acceptors (Lipinski definition) is 6. The van der Waals surface area contributed by atoms with Crippen molar-refractivity contribution < 1.29 is 9.53 Å². The SMILES string of the molecule is CN(C)CC=CC(=O)N1CCC(N(C)c2ncnc3[nH]c(C#CCOc4ccccc4)cc23)C1. The number of fused-ring (bicyclic) bond motifs is 1. The number of aromatic nitrogens is 3. The molecule has 2 aromatic heterocycles. The fraction of sp³-hybridized carbons (Fsp3) is 0.346. The molecular formula is C26H30N6O2. The lowest BCUT2D eigenvalue weighted by atomic mass is 10.2. The number of likely N-dealkylation sites (tertiary alicyclic amines) is 1. The topological polar surface area (TPSA) is 77.6 Å². The average molecular weight is 459 g/mol. The van der Waals surface area contributed by atoms with Crippen LogP contribution < -0.4 is 9.64 Å². The second kappa shape index (κ2) is 10.9. The van der Waals surface area contributed by atoms with Crippen LogP contribution in [0.4, 0.5) is 5.82 Å². The minimum Gasteiger partial charge on any atom is -0.481 e. The van der Waals surface area contributed by atoms with Crippen molar-refractivity contribution in [2.75, 3.05) is 52.3 Å². The van der Waals surface area contributed by atoms with Crippen molar-refractivity contribution in [3.8, 4) is 17.6 Å². The van der Waals surface area contributed by atoms with Gasteiger partial charge in [0, 0.05) is 38.8 Å². The summed E-state index contributed by atoms with van der Waals surface area (Å²) < 4.78 is 5.63. The monoisotopic (exact) mass is 458 g/mol. The summed E-state index contributed by atoms with van der Waals surface area (Å²) >= 11 is 0. The highest BCUT2D eigenvalue weighted by Crippen LogP contribution is 2.27. The number of amides is 1. The molecular weight excluding hydrogens is 428 g/mol. The molecule has 34 heavy (non-hydrogen) atoms. The van der Waals surface area contributed by atoms with E-state index in [1.54, 1.807) is 12.4 Å². The van der Waals surface area contributed by atoms with Gasteiger partial charge in [-0.2, -0.15) is 0 Å². The van der Waals surface area contributed by atoms with Gasteiger partial charge in [-0.3, -0.25) is 4.79 Å². The van der Waals surface area contributed by atoms with E-state index in [1.807, 2.05) is 73.4 Å². The van der Waals surface area contributed by atoms with Gasteiger partial charge in [-0.15, -0.1) is 0 Å². The minimum absolute atomic E-state index is 0.0579. The highest BCUT2D eigenvalue weighted by molar-refractivity contribution is 5.89. The molecule has 1 saturated heterocycles. The first-order valence-corrected chi connectivity index (χ1v) is 11.3. The fourth-order valence-corrected chi connectivity index (χ4v) is 3.94. The number of ether oxygens (including phenoxy) is 1. The molecule has 0 spiro atoms. The van der Waals surface area contributed by atoms with Crippen LogP contribution in [0.3, 0.4) is 0 Å². The first kappa shape index (κ1) is 23.3. The number of nitrogens with zero attached hydrogens (tertiary/aromatic N) is 5. The number of hydrogen-bond donors (Lipinski definition) is 1. The quantitative estimate of drug-likeness (QED) is 0.433. The van der Waals surface area contributed by atoms with Gasteiger partial charge >= 0.3 is 0 Å². The summed E-state index contributed by atoms with van der Waals surface area (Å²) in [5.74, 6) is 7.83. The second-order valence-electron chi connectivity index (χ2n) is 8.55. The van der Waals surface area contributed by atoms with Crippen molar-refractivity contribution >= 4 is 22.8 Å². The fourth-order valence-electron chi connectivity index (χ4n) is 3.94. The van der Waals surface area contributed by atoms with E-state index >= 15 is 0 Å². The van der Waals surface area contributed by atoms with Crippen molar-refractivity contribution in [2.45, 2.75) is 12.5 Å². The van der Waals surface area contributed by atoms with Gasteiger partial charge in [0.15, 0.2) is 0 Å². The molecule has 0 bridgehead atoms. The lowest BCUT2D eigenvalue weighted by Crippen LogP contribution is -2.36. The first-order chi connectivity index (χ1) is 16.5. The summed E-state index contributed by atoms with van der Waals surface area (Å²) in [6.45, 7) is 2.45. The number of aromatic amines is 1. The maximum Gasteiger partial charge on any atom is 0.246 e. The van der Waals surface area contributed by atoms with Crippen molar-refractivity contribution in [2.24, 2.45) is 0 Å². The van der Waals surface area contributed by atoms with Gasteiger partial charge in [0.1, 0.15) is 30.1 Å². The minimum atomic E-state index is 0.0579. The summed E-state index contributed by atoms with van der Waals surface area (Å²) in [5, 5.41) is 0.911. The van der Waals surface area contributed by atoms with E-state index in [0.717, 1.165) is 47.8 Å². The maximum absolute atomic E-state index is 12.5. The number of para-hydroxylation sites is 1. The number of benzene rings is 1.